The van der Waals surface area contributed by atoms with E-state index in [-0.39, 0.29) is 18.9 Å². The van der Waals surface area contributed by atoms with Gasteiger partial charge < -0.3 is 19.6 Å². The van der Waals surface area contributed by atoms with Crippen molar-refractivity contribution in [1.82, 2.24) is 9.80 Å². The number of nitrogens with zero attached hydrogens (tertiary/aromatic N) is 2. The zero-order valence-corrected chi connectivity index (χ0v) is 17.3. The summed E-state index contributed by atoms with van der Waals surface area (Å²) in [6.45, 7) is 1.85. The average molecular weight is 408 g/mol. The largest absolute Gasteiger partial charge is 0.436 e. The van der Waals surface area contributed by atoms with Crippen molar-refractivity contribution in [2.75, 3.05) is 33.3 Å². The van der Waals surface area contributed by atoms with Crippen LogP contribution in [0.3, 0.4) is 0 Å². The zero-order chi connectivity index (χ0) is 21.1. The SMILES string of the molecule is CN(CCC(=O)N1CCC(CO)CC1)C(=O)OC1c2ccccc2-c2ccccc21. The number of carbonyl (C=O) groups excluding carboxylic acids is 2. The van der Waals surface area contributed by atoms with Gasteiger partial charge in [-0.3, -0.25) is 4.79 Å². The average Bonchev–Trinajstić information content (AvgIpc) is 3.11. The van der Waals surface area contributed by atoms with Gasteiger partial charge in [0, 0.05) is 50.8 Å². The van der Waals surface area contributed by atoms with E-state index in [1.54, 1.807) is 7.05 Å². The Labute approximate surface area is 177 Å². The molecule has 0 radical (unpaired) electrons. The number of fused-ring (bicyclic) bond motifs is 3. The third kappa shape index (κ3) is 4.05. The van der Waals surface area contributed by atoms with Crippen LogP contribution in [0.4, 0.5) is 4.79 Å². The number of hydrogen-bond donors (Lipinski definition) is 1. The molecule has 2 aliphatic rings. The Morgan fingerprint density at radius 1 is 1.03 bits per heavy atom. The topological polar surface area (TPSA) is 70.1 Å². The van der Waals surface area contributed by atoms with Crippen molar-refractivity contribution in [2.24, 2.45) is 5.92 Å². The second kappa shape index (κ2) is 8.88. The van der Waals surface area contributed by atoms with Gasteiger partial charge in [-0.15, -0.1) is 0 Å². The predicted molar refractivity (Wildman–Crippen MR) is 114 cm³/mol. The zero-order valence-electron chi connectivity index (χ0n) is 17.3. The third-order valence-electron chi connectivity index (χ3n) is 6.19. The van der Waals surface area contributed by atoms with Gasteiger partial charge in [0.15, 0.2) is 6.10 Å². The van der Waals surface area contributed by atoms with Gasteiger partial charge in [0.1, 0.15) is 0 Å². The Balaban J connectivity index is 1.35. The number of ether oxygens (including phenoxy) is 1. The quantitative estimate of drug-likeness (QED) is 0.823. The molecule has 2 amide bonds. The Kier molecular flexibility index (Phi) is 6.04. The van der Waals surface area contributed by atoms with Gasteiger partial charge in [-0.05, 0) is 29.9 Å². The Morgan fingerprint density at radius 2 is 1.60 bits per heavy atom. The van der Waals surface area contributed by atoms with Crippen molar-refractivity contribution in [3.8, 4) is 11.1 Å². The maximum absolute atomic E-state index is 12.7. The first-order valence-electron chi connectivity index (χ1n) is 10.6. The second-order valence-electron chi connectivity index (χ2n) is 8.12. The molecule has 0 bridgehead atoms. The normalized spacial score (nSPS) is 16.1. The molecule has 30 heavy (non-hydrogen) atoms. The molecule has 1 heterocycles. The van der Waals surface area contributed by atoms with E-state index >= 15 is 0 Å². The Hall–Kier alpha value is -2.86. The number of carbonyl (C=O) groups is 2. The smallest absolute Gasteiger partial charge is 0.410 e. The summed E-state index contributed by atoms with van der Waals surface area (Å²) in [4.78, 5) is 28.5. The molecule has 4 rings (SSSR count). The van der Waals surface area contributed by atoms with Crippen LogP contribution in [-0.2, 0) is 9.53 Å². The van der Waals surface area contributed by atoms with Gasteiger partial charge in [0.05, 0.1) is 0 Å². The molecule has 1 aliphatic carbocycles. The molecule has 0 atom stereocenters. The van der Waals surface area contributed by atoms with Gasteiger partial charge in [-0.2, -0.15) is 0 Å². The minimum absolute atomic E-state index is 0.0441. The molecule has 1 N–H and O–H groups in total. The van der Waals surface area contributed by atoms with Crippen LogP contribution in [0.1, 0.15) is 36.5 Å². The van der Waals surface area contributed by atoms with E-state index in [1.807, 2.05) is 53.4 Å². The monoisotopic (exact) mass is 408 g/mol. The summed E-state index contributed by atoms with van der Waals surface area (Å²) in [5.41, 5.74) is 4.16. The Morgan fingerprint density at radius 3 is 2.17 bits per heavy atom. The lowest BCUT2D eigenvalue weighted by Gasteiger charge is -2.31. The summed E-state index contributed by atoms with van der Waals surface area (Å²) in [7, 11) is 1.67. The fourth-order valence-corrected chi connectivity index (χ4v) is 4.30. The number of hydrogen-bond acceptors (Lipinski definition) is 4. The van der Waals surface area contributed by atoms with Gasteiger partial charge in [-0.25, -0.2) is 4.79 Å². The first-order valence-corrected chi connectivity index (χ1v) is 10.6. The summed E-state index contributed by atoms with van der Waals surface area (Å²) in [6.07, 6.45) is 1.08. The number of amides is 2. The summed E-state index contributed by atoms with van der Waals surface area (Å²) >= 11 is 0. The standard InChI is InChI=1S/C24H28N2O4/c1-25(13-12-22(28)26-14-10-17(16-27)11-15-26)24(29)30-23-20-8-4-2-6-18(20)19-7-3-5-9-21(19)23/h2-9,17,23,27H,10-16H2,1H3. The van der Waals surface area contributed by atoms with Gasteiger partial charge in [0.2, 0.25) is 5.91 Å². The summed E-state index contributed by atoms with van der Waals surface area (Å²) in [5, 5.41) is 9.23. The van der Waals surface area contributed by atoms with Crippen LogP contribution in [0.15, 0.2) is 48.5 Å². The second-order valence-corrected chi connectivity index (χ2v) is 8.12. The molecule has 2 aromatic rings. The Bertz CT molecular complexity index is 875. The maximum atomic E-state index is 12.7. The summed E-state index contributed by atoms with van der Waals surface area (Å²) < 4.78 is 5.87. The van der Waals surface area contributed by atoms with Crippen molar-refractivity contribution in [2.45, 2.75) is 25.4 Å². The van der Waals surface area contributed by atoms with E-state index in [1.165, 1.54) is 4.90 Å². The molecule has 158 valence electrons. The minimum atomic E-state index is -0.432. The van der Waals surface area contributed by atoms with Crippen LogP contribution in [0, 0.1) is 5.92 Å². The number of aliphatic hydroxyl groups excluding tert-OH is 1. The molecule has 0 aromatic heterocycles. The van der Waals surface area contributed by atoms with E-state index in [0.717, 1.165) is 35.1 Å². The number of rotatable bonds is 5. The van der Waals surface area contributed by atoms with Crippen molar-refractivity contribution in [3.05, 3.63) is 59.7 Å². The van der Waals surface area contributed by atoms with Crippen LogP contribution in [0.5, 0.6) is 0 Å². The molecule has 6 nitrogen and oxygen atoms in total. The lowest BCUT2D eigenvalue weighted by molar-refractivity contribution is -0.133. The molecule has 2 aromatic carbocycles. The predicted octanol–water partition coefficient (Wildman–Crippen LogP) is 3.45. The molecule has 1 saturated heterocycles. The lowest BCUT2D eigenvalue weighted by atomic mass is 9.98. The van der Waals surface area contributed by atoms with E-state index < -0.39 is 12.2 Å². The number of benzene rings is 2. The van der Waals surface area contributed by atoms with E-state index in [9.17, 15) is 14.7 Å². The molecule has 0 saturated carbocycles. The number of aliphatic hydroxyl groups is 1. The highest BCUT2D eigenvalue weighted by atomic mass is 16.6. The van der Waals surface area contributed by atoms with Crippen LogP contribution in [0.2, 0.25) is 0 Å². The van der Waals surface area contributed by atoms with E-state index in [2.05, 4.69) is 0 Å². The third-order valence-corrected chi connectivity index (χ3v) is 6.19. The van der Waals surface area contributed by atoms with Crippen molar-refractivity contribution in [3.63, 3.8) is 0 Å². The molecule has 0 unspecified atom stereocenters. The van der Waals surface area contributed by atoms with Gasteiger partial charge >= 0.3 is 6.09 Å². The molecular formula is C24H28N2O4. The maximum Gasteiger partial charge on any atom is 0.410 e. The van der Waals surface area contributed by atoms with E-state index in [4.69, 9.17) is 4.74 Å². The van der Waals surface area contributed by atoms with E-state index in [0.29, 0.717) is 25.6 Å². The van der Waals surface area contributed by atoms with Crippen LogP contribution in [0.25, 0.3) is 11.1 Å². The lowest BCUT2D eigenvalue weighted by Crippen LogP contribution is -2.41. The van der Waals surface area contributed by atoms with Crippen molar-refractivity contribution >= 4 is 12.0 Å². The van der Waals surface area contributed by atoms with Crippen LogP contribution in [-0.4, -0.2) is 60.2 Å². The first kappa shape index (κ1) is 20.4. The van der Waals surface area contributed by atoms with Crippen LogP contribution < -0.4 is 0 Å². The van der Waals surface area contributed by atoms with Crippen molar-refractivity contribution < 1.29 is 19.4 Å². The fourth-order valence-electron chi connectivity index (χ4n) is 4.30. The van der Waals surface area contributed by atoms with Gasteiger partial charge in [-0.1, -0.05) is 48.5 Å². The molecule has 6 heteroatoms. The summed E-state index contributed by atoms with van der Waals surface area (Å²) in [6, 6.07) is 16.0. The highest BCUT2D eigenvalue weighted by Gasteiger charge is 2.32. The summed E-state index contributed by atoms with van der Waals surface area (Å²) in [5.74, 6) is 0.339. The number of piperidine rings is 1. The molecule has 1 fully saturated rings. The van der Waals surface area contributed by atoms with Crippen LogP contribution >= 0.6 is 0 Å². The van der Waals surface area contributed by atoms with Gasteiger partial charge in [0.25, 0.3) is 0 Å². The highest BCUT2D eigenvalue weighted by molar-refractivity contribution is 5.80. The first-order chi connectivity index (χ1) is 14.6. The molecule has 1 aliphatic heterocycles. The molecular weight excluding hydrogens is 380 g/mol. The number of likely N-dealkylation sites (tertiary alicyclic amines) is 1. The molecule has 0 spiro atoms. The fraction of sp³-hybridized carbons (Fsp3) is 0.417. The van der Waals surface area contributed by atoms with Crippen molar-refractivity contribution in [1.29, 1.82) is 0 Å². The highest BCUT2D eigenvalue weighted by Crippen LogP contribution is 2.45. The minimum Gasteiger partial charge on any atom is -0.436 e.